The first-order chi connectivity index (χ1) is 11.3. The molecular formula is C15H21Cl2F2N3O2S. The average Bonchev–Trinajstić information content (AvgIpc) is 2.56. The minimum absolute atomic E-state index is 0. The summed E-state index contributed by atoms with van der Waals surface area (Å²) >= 11 is 7.42. The Balaban J connectivity index is 0.00000576. The maximum atomic E-state index is 13.2. The third-order valence-electron chi connectivity index (χ3n) is 3.17. The molecule has 0 aliphatic carbocycles. The zero-order chi connectivity index (χ0) is 18.2. The maximum Gasteiger partial charge on any atom is 0.277 e. The van der Waals surface area contributed by atoms with Gasteiger partial charge in [-0.2, -0.15) is 11.8 Å². The van der Waals surface area contributed by atoms with Crippen LogP contribution in [-0.4, -0.2) is 48.9 Å². The van der Waals surface area contributed by atoms with Gasteiger partial charge in [0, 0.05) is 0 Å². The number of thioether (sulfide) groups is 1. The first-order valence-electron chi connectivity index (χ1n) is 7.20. The van der Waals surface area contributed by atoms with E-state index in [9.17, 15) is 18.4 Å². The fraction of sp³-hybridized carbons (Fsp3) is 0.467. The van der Waals surface area contributed by atoms with E-state index < -0.39 is 36.9 Å². The zero-order valence-electron chi connectivity index (χ0n) is 13.6. The minimum atomic E-state index is -3.19. The Kier molecular flexibility index (Phi) is 11.0. The number of rotatable bonds is 9. The molecule has 142 valence electrons. The van der Waals surface area contributed by atoms with Gasteiger partial charge in [0.25, 0.3) is 11.8 Å². The summed E-state index contributed by atoms with van der Waals surface area (Å²) in [4.78, 5) is 24.4. The summed E-state index contributed by atoms with van der Waals surface area (Å²) in [6, 6.07) is 5.44. The Bertz CT molecular complexity index is 579. The normalized spacial score (nSPS) is 12.0. The molecule has 0 aromatic heterocycles. The van der Waals surface area contributed by atoms with E-state index in [1.165, 1.54) is 17.8 Å². The van der Waals surface area contributed by atoms with Gasteiger partial charge < -0.3 is 16.4 Å². The van der Waals surface area contributed by atoms with Crippen LogP contribution in [0.2, 0.25) is 5.02 Å². The van der Waals surface area contributed by atoms with Gasteiger partial charge in [-0.25, -0.2) is 8.78 Å². The molecular weight excluding hydrogens is 395 g/mol. The fourth-order valence-corrected chi connectivity index (χ4v) is 2.49. The Morgan fingerprint density at radius 1 is 1.36 bits per heavy atom. The number of halogens is 4. The van der Waals surface area contributed by atoms with Gasteiger partial charge in [-0.15, -0.1) is 12.4 Å². The molecule has 1 aromatic rings. The summed E-state index contributed by atoms with van der Waals surface area (Å²) in [6.07, 6.45) is 2.14. The van der Waals surface area contributed by atoms with Crippen molar-refractivity contribution >= 4 is 47.6 Å². The van der Waals surface area contributed by atoms with Crippen LogP contribution in [0.3, 0.4) is 0 Å². The number of hydrogen-bond acceptors (Lipinski definition) is 4. The Labute approximate surface area is 160 Å². The van der Waals surface area contributed by atoms with Crippen LogP contribution in [-0.2, 0) is 4.79 Å². The van der Waals surface area contributed by atoms with Gasteiger partial charge in [-0.3, -0.25) is 9.59 Å². The number of alkyl halides is 2. The summed E-state index contributed by atoms with van der Waals surface area (Å²) in [7, 11) is 0. The quantitative estimate of drug-likeness (QED) is 0.577. The summed E-state index contributed by atoms with van der Waals surface area (Å²) in [6.45, 7) is -1.74. The van der Waals surface area contributed by atoms with E-state index in [1.54, 1.807) is 18.2 Å². The monoisotopic (exact) mass is 415 g/mol. The van der Waals surface area contributed by atoms with Gasteiger partial charge in [0.05, 0.1) is 23.7 Å². The summed E-state index contributed by atoms with van der Waals surface area (Å²) in [5.41, 5.74) is 5.15. The second-order valence-corrected chi connectivity index (χ2v) is 6.46. The molecule has 5 nitrogen and oxygen atoms in total. The number of amides is 2. The van der Waals surface area contributed by atoms with Crippen LogP contribution < -0.4 is 16.4 Å². The largest absolute Gasteiger partial charge is 0.348 e. The first-order valence-corrected chi connectivity index (χ1v) is 8.98. The first kappa shape index (κ1) is 23.9. The lowest BCUT2D eigenvalue weighted by Crippen LogP contribution is -2.50. The van der Waals surface area contributed by atoms with E-state index in [-0.39, 0.29) is 23.0 Å². The molecule has 2 amide bonds. The number of hydrogen-bond donors (Lipinski definition) is 3. The number of nitrogens with two attached hydrogens (primary N) is 1. The van der Waals surface area contributed by atoms with Crippen LogP contribution in [0.4, 0.5) is 8.78 Å². The van der Waals surface area contributed by atoms with Crippen molar-refractivity contribution in [3.8, 4) is 0 Å². The van der Waals surface area contributed by atoms with Gasteiger partial charge in [-0.1, -0.05) is 23.7 Å². The lowest BCUT2D eigenvalue weighted by Gasteiger charge is -2.20. The van der Waals surface area contributed by atoms with Gasteiger partial charge in [0.15, 0.2) is 0 Å². The molecule has 4 N–H and O–H groups in total. The SMILES string of the molecule is CSCCC(NC(=O)c1ccccc1Cl)C(=O)NCC(F)(F)CN.Cl. The van der Waals surface area contributed by atoms with E-state index in [0.29, 0.717) is 12.2 Å². The molecule has 0 saturated carbocycles. The second kappa shape index (κ2) is 11.5. The second-order valence-electron chi connectivity index (χ2n) is 5.07. The van der Waals surface area contributed by atoms with Crippen LogP contribution in [0, 0.1) is 0 Å². The third kappa shape index (κ3) is 8.22. The molecule has 0 aliphatic rings. The molecule has 1 unspecified atom stereocenters. The number of nitrogens with one attached hydrogen (secondary N) is 2. The van der Waals surface area contributed by atoms with Crippen molar-refractivity contribution in [2.75, 3.05) is 25.1 Å². The molecule has 1 atom stereocenters. The Morgan fingerprint density at radius 2 is 2.00 bits per heavy atom. The molecule has 1 rings (SSSR count). The van der Waals surface area contributed by atoms with Crippen LogP contribution >= 0.6 is 35.8 Å². The highest BCUT2D eigenvalue weighted by atomic mass is 35.5. The molecule has 0 aliphatic heterocycles. The molecule has 0 fully saturated rings. The van der Waals surface area contributed by atoms with Crippen molar-refractivity contribution in [2.24, 2.45) is 5.73 Å². The molecule has 0 heterocycles. The van der Waals surface area contributed by atoms with Crippen LogP contribution in [0.15, 0.2) is 24.3 Å². The van der Waals surface area contributed by atoms with Crippen LogP contribution in [0.25, 0.3) is 0 Å². The topological polar surface area (TPSA) is 84.2 Å². The average molecular weight is 416 g/mol. The zero-order valence-corrected chi connectivity index (χ0v) is 15.9. The Morgan fingerprint density at radius 3 is 2.56 bits per heavy atom. The number of carbonyl (C=O) groups excluding carboxylic acids is 2. The van der Waals surface area contributed by atoms with Crippen molar-refractivity contribution in [1.82, 2.24) is 10.6 Å². The van der Waals surface area contributed by atoms with Gasteiger partial charge in [-0.05, 0) is 30.6 Å². The van der Waals surface area contributed by atoms with Gasteiger partial charge >= 0.3 is 0 Å². The predicted molar refractivity (Wildman–Crippen MR) is 100.0 cm³/mol. The van der Waals surface area contributed by atoms with Crippen LogP contribution in [0.5, 0.6) is 0 Å². The highest BCUT2D eigenvalue weighted by Crippen LogP contribution is 2.15. The van der Waals surface area contributed by atoms with E-state index in [4.69, 9.17) is 17.3 Å². The summed E-state index contributed by atoms with van der Waals surface area (Å²) in [5.74, 6) is -3.83. The van der Waals surface area contributed by atoms with Crippen molar-refractivity contribution < 1.29 is 18.4 Å². The molecule has 0 saturated heterocycles. The van der Waals surface area contributed by atoms with Crippen molar-refractivity contribution in [1.29, 1.82) is 0 Å². The lowest BCUT2D eigenvalue weighted by atomic mass is 10.1. The maximum absolute atomic E-state index is 13.2. The molecule has 1 aromatic carbocycles. The number of carbonyl (C=O) groups is 2. The Hall–Kier alpha value is -1.09. The highest BCUT2D eigenvalue weighted by molar-refractivity contribution is 7.98. The predicted octanol–water partition coefficient (Wildman–Crippen LogP) is 2.32. The molecule has 0 spiro atoms. The van der Waals surface area contributed by atoms with E-state index in [0.717, 1.165) is 0 Å². The minimum Gasteiger partial charge on any atom is -0.348 e. The molecule has 0 bridgehead atoms. The smallest absolute Gasteiger partial charge is 0.277 e. The molecule has 25 heavy (non-hydrogen) atoms. The van der Waals surface area contributed by atoms with Gasteiger partial charge in [0.1, 0.15) is 6.04 Å². The van der Waals surface area contributed by atoms with E-state index in [1.807, 2.05) is 6.26 Å². The highest BCUT2D eigenvalue weighted by Gasteiger charge is 2.29. The van der Waals surface area contributed by atoms with Crippen LogP contribution in [0.1, 0.15) is 16.8 Å². The van der Waals surface area contributed by atoms with Crippen molar-refractivity contribution in [2.45, 2.75) is 18.4 Å². The lowest BCUT2D eigenvalue weighted by molar-refractivity contribution is -0.124. The van der Waals surface area contributed by atoms with Crippen molar-refractivity contribution in [3.63, 3.8) is 0 Å². The van der Waals surface area contributed by atoms with Crippen molar-refractivity contribution in [3.05, 3.63) is 34.9 Å². The fourth-order valence-electron chi connectivity index (χ4n) is 1.80. The number of benzene rings is 1. The van der Waals surface area contributed by atoms with E-state index >= 15 is 0 Å². The van der Waals surface area contributed by atoms with E-state index in [2.05, 4.69) is 10.6 Å². The third-order valence-corrected chi connectivity index (χ3v) is 4.14. The molecule has 0 radical (unpaired) electrons. The standard InChI is InChI=1S/C15H20ClF2N3O2S.ClH/c1-24-7-6-12(14(23)20-9-15(17,18)8-19)21-13(22)10-4-2-3-5-11(10)16;/h2-5,12H,6-9,19H2,1H3,(H,20,23)(H,21,22);1H. The summed E-state index contributed by atoms with van der Waals surface area (Å²) in [5, 5.41) is 4.91. The van der Waals surface area contributed by atoms with Gasteiger partial charge in [0.2, 0.25) is 5.91 Å². The summed E-state index contributed by atoms with van der Waals surface area (Å²) < 4.78 is 26.3. The molecule has 10 heteroatoms.